The maximum atomic E-state index is 5.72. The fraction of sp³-hybridized carbons (Fsp3) is 0.333. The smallest absolute Gasteiger partial charge is 0.119 e. The zero-order valence-electron chi connectivity index (χ0n) is 12.1. The molecule has 0 aliphatic carbocycles. The molecule has 0 radical (unpaired) electrons. The number of benzene rings is 2. The lowest BCUT2D eigenvalue weighted by atomic mass is 10.1. The highest BCUT2D eigenvalue weighted by atomic mass is 16.5. The molecule has 2 nitrogen and oxygen atoms in total. The Bertz CT molecular complexity index is 479. The standard InChI is InChI=1S/C18H23NO/c1-2-19-13-6-14-20-18-11-9-17(10-12-18)15-16-7-4-3-5-8-16/h3-5,7-12,19H,2,6,13-15H2,1H3. The minimum Gasteiger partial charge on any atom is -0.494 e. The quantitative estimate of drug-likeness (QED) is 0.739. The molecule has 0 saturated heterocycles. The molecule has 0 unspecified atom stereocenters. The van der Waals surface area contributed by atoms with E-state index < -0.39 is 0 Å². The molecule has 2 rings (SSSR count). The van der Waals surface area contributed by atoms with Crippen LogP contribution in [-0.4, -0.2) is 19.7 Å². The molecular weight excluding hydrogens is 246 g/mol. The van der Waals surface area contributed by atoms with Gasteiger partial charge in [-0.3, -0.25) is 0 Å². The largest absolute Gasteiger partial charge is 0.494 e. The third kappa shape index (κ3) is 5.06. The number of rotatable bonds is 8. The second-order valence-corrected chi connectivity index (χ2v) is 4.86. The lowest BCUT2D eigenvalue weighted by molar-refractivity contribution is 0.308. The van der Waals surface area contributed by atoms with Crippen LogP contribution >= 0.6 is 0 Å². The van der Waals surface area contributed by atoms with Crippen molar-refractivity contribution >= 4 is 0 Å². The Morgan fingerprint density at radius 1 is 0.900 bits per heavy atom. The summed E-state index contributed by atoms with van der Waals surface area (Å²) in [4.78, 5) is 0. The van der Waals surface area contributed by atoms with Crippen LogP contribution in [0.15, 0.2) is 54.6 Å². The molecule has 2 aromatic rings. The fourth-order valence-electron chi connectivity index (χ4n) is 2.10. The Morgan fingerprint density at radius 3 is 2.30 bits per heavy atom. The van der Waals surface area contributed by atoms with Crippen molar-refractivity contribution in [2.75, 3.05) is 19.7 Å². The summed E-state index contributed by atoms with van der Waals surface area (Å²) in [6, 6.07) is 18.9. The highest BCUT2D eigenvalue weighted by Crippen LogP contribution is 2.15. The second-order valence-electron chi connectivity index (χ2n) is 4.86. The molecule has 0 saturated carbocycles. The molecular formula is C18H23NO. The molecule has 0 spiro atoms. The summed E-state index contributed by atoms with van der Waals surface area (Å²) in [6.45, 7) is 4.92. The van der Waals surface area contributed by atoms with Crippen molar-refractivity contribution in [1.29, 1.82) is 0 Å². The van der Waals surface area contributed by atoms with E-state index in [9.17, 15) is 0 Å². The van der Waals surface area contributed by atoms with Gasteiger partial charge >= 0.3 is 0 Å². The lowest BCUT2D eigenvalue weighted by Crippen LogP contribution is -2.16. The first-order chi connectivity index (χ1) is 9.88. The summed E-state index contributed by atoms with van der Waals surface area (Å²) in [5.74, 6) is 0.957. The summed E-state index contributed by atoms with van der Waals surface area (Å²) in [7, 11) is 0. The van der Waals surface area contributed by atoms with Crippen LogP contribution in [0.3, 0.4) is 0 Å². The molecule has 0 amide bonds. The minimum atomic E-state index is 0.769. The van der Waals surface area contributed by atoms with Gasteiger partial charge in [0.15, 0.2) is 0 Å². The van der Waals surface area contributed by atoms with Crippen molar-refractivity contribution in [1.82, 2.24) is 5.32 Å². The van der Waals surface area contributed by atoms with Crippen molar-refractivity contribution in [2.45, 2.75) is 19.8 Å². The SMILES string of the molecule is CCNCCCOc1ccc(Cc2ccccc2)cc1. The van der Waals surface area contributed by atoms with Crippen molar-refractivity contribution in [3.05, 3.63) is 65.7 Å². The van der Waals surface area contributed by atoms with Gasteiger partial charge in [-0.05, 0) is 49.2 Å². The molecule has 0 aliphatic rings. The van der Waals surface area contributed by atoms with Gasteiger partial charge in [0.25, 0.3) is 0 Å². The van der Waals surface area contributed by atoms with Gasteiger partial charge in [-0.2, -0.15) is 0 Å². The van der Waals surface area contributed by atoms with E-state index in [0.29, 0.717) is 0 Å². The predicted octanol–water partition coefficient (Wildman–Crippen LogP) is 3.66. The van der Waals surface area contributed by atoms with Crippen LogP contribution in [0.1, 0.15) is 24.5 Å². The number of hydrogen-bond donors (Lipinski definition) is 1. The van der Waals surface area contributed by atoms with E-state index in [1.807, 2.05) is 6.07 Å². The zero-order valence-corrected chi connectivity index (χ0v) is 12.1. The van der Waals surface area contributed by atoms with Gasteiger partial charge < -0.3 is 10.1 Å². The van der Waals surface area contributed by atoms with E-state index in [1.54, 1.807) is 0 Å². The molecule has 0 aliphatic heterocycles. The van der Waals surface area contributed by atoms with E-state index in [4.69, 9.17) is 4.74 Å². The molecule has 0 bridgehead atoms. The first-order valence-electron chi connectivity index (χ1n) is 7.35. The van der Waals surface area contributed by atoms with Gasteiger partial charge in [-0.1, -0.05) is 49.4 Å². The van der Waals surface area contributed by atoms with Crippen LogP contribution < -0.4 is 10.1 Å². The summed E-state index contributed by atoms with van der Waals surface area (Å²) in [6.07, 6.45) is 2.02. The van der Waals surface area contributed by atoms with Crippen LogP contribution in [-0.2, 0) is 6.42 Å². The molecule has 0 fully saturated rings. The van der Waals surface area contributed by atoms with Crippen molar-refractivity contribution in [2.24, 2.45) is 0 Å². The molecule has 0 heterocycles. The number of ether oxygens (including phenoxy) is 1. The summed E-state index contributed by atoms with van der Waals surface area (Å²) < 4.78 is 5.72. The van der Waals surface area contributed by atoms with Crippen LogP contribution in [0, 0.1) is 0 Å². The second kappa shape index (κ2) is 8.39. The van der Waals surface area contributed by atoms with E-state index in [-0.39, 0.29) is 0 Å². The molecule has 2 heteroatoms. The molecule has 0 atom stereocenters. The van der Waals surface area contributed by atoms with Crippen LogP contribution in [0.5, 0.6) is 5.75 Å². The highest BCUT2D eigenvalue weighted by molar-refractivity contribution is 5.31. The average molecular weight is 269 g/mol. The Hall–Kier alpha value is -1.80. The monoisotopic (exact) mass is 269 g/mol. The third-order valence-corrected chi connectivity index (χ3v) is 3.19. The van der Waals surface area contributed by atoms with E-state index >= 15 is 0 Å². The maximum absolute atomic E-state index is 5.72. The summed E-state index contributed by atoms with van der Waals surface area (Å²) in [5, 5.41) is 3.29. The van der Waals surface area contributed by atoms with Crippen molar-refractivity contribution in [3.8, 4) is 5.75 Å². The Balaban J connectivity index is 1.78. The fourth-order valence-corrected chi connectivity index (χ4v) is 2.10. The van der Waals surface area contributed by atoms with Crippen LogP contribution in [0.4, 0.5) is 0 Å². The Labute approximate surface area is 121 Å². The number of hydrogen-bond acceptors (Lipinski definition) is 2. The maximum Gasteiger partial charge on any atom is 0.119 e. The van der Waals surface area contributed by atoms with Gasteiger partial charge in [0.05, 0.1) is 6.61 Å². The van der Waals surface area contributed by atoms with Gasteiger partial charge in [-0.25, -0.2) is 0 Å². The number of nitrogens with one attached hydrogen (secondary N) is 1. The molecule has 2 aromatic carbocycles. The molecule has 106 valence electrons. The Kier molecular flexibility index (Phi) is 6.12. The first-order valence-corrected chi connectivity index (χ1v) is 7.35. The normalized spacial score (nSPS) is 10.4. The first kappa shape index (κ1) is 14.6. The average Bonchev–Trinajstić information content (AvgIpc) is 2.50. The van der Waals surface area contributed by atoms with E-state index in [2.05, 4.69) is 60.8 Å². The van der Waals surface area contributed by atoms with Crippen LogP contribution in [0.2, 0.25) is 0 Å². The third-order valence-electron chi connectivity index (χ3n) is 3.19. The van der Waals surface area contributed by atoms with Gasteiger partial charge in [-0.15, -0.1) is 0 Å². The van der Waals surface area contributed by atoms with Crippen molar-refractivity contribution < 1.29 is 4.74 Å². The highest BCUT2D eigenvalue weighted by Gasteiger charge is 1.97. The van der Waals surface area contributed by atoms with Crippen LogP contribution in [0.25, 0.3) is 0 Å². The van der Waals surface area contributed by atoms with Gasteiger partial charge in [0.1, 0.15) is 5.75 Å². The van der Waals surface area contributed by atoms with Crippen molar-refractivity contribution in [3.63, 3.8) is 0 Å². The Morgan fingerprint density at radius 2 is 1.60 bits per heavy atom. The topological polar surface area (TPSA) is 21.3 Å². The van der Waals surface area contributed by atoms with Gasteiger partial charge in [0, 0.05) is 0 Å². The molecule has 20 heavy (non-hydrogen) atoms. The molecule has 1 N–H and O–H groups in total. The zero-order chi connectivity index (χ0) is 14.0. The van der Waals surface area contributed by atoms with E-state index in [1.165, 1.54) is 11.1 Å². The lowest BCUT2D eigenvalue weighted by Gasteiger charge is -2.07. The molecule has 0 aromatic heterocycles. The minimum absolute atomic E-state index is 0.769. The predicted molar refractivity (Wildman–Crippen MR) is 84.3 cm³/mol. The summed E-state index contributed by atoms with van der Waals surface area (Å²) >= 11 is 0. The van der Waals surface area contributed by atoms with E-state index in [0.717, 1.165) is 38.3 Å². The van der Waals surface area contributed by atoms with Gasteiger partial charge in [0.2, 0.25) is 0 Å². The summed E-state index contributed by atoms with van der Waals surface area (Å²) in [5.41, 5.74) is 2.66.